The number of anilines is 1. The summed E-state index contributed by atoms with van der Waals surface area (Å²) < 4.78 is 31.7. The number of nitrogens with one attached hydrogen (secondary N) is 1. The third-order valence-electron chi connectivity index (χ3n) is 5.10. The van der Waals surface area contributed by atoms with E-state index in [0.717, 1.165) is 20.8 Å². The van der Waals surface area contributed by atoms with Crippen molar-refractivity contribution in [2.75, 3.05) is 18.2 Å². The number of amides is 1. The minimum Gasteiger partial charge on any atom is -0.496 e. The van der Waals surface area contributed by atoms with Gasteiger partial charge in [-0.15, -0.1) is 11.3 Å². The Bertz CT molecular complexity index is 1460. The fourth-order valence-electron chi connectivity index (χ4n) is 3.52. The van der Waals surface area contributed by atoms with E-state index >= 15 is 0 Å². The Morgan fingerprint density at radius 1 is 1.03 bits per heavy atom. The molecule has 0 saturated carbocycles. The molecule has 0 radical (unpaired) electrons. The van der Waals surface area contributed by atoms with E-state index < -0.39 is 27.3 Å². The Morgan fingerprint density at radius 3 is 2.56 bits per heavy atom. The van der Waals surface area contributed by atoms with Gasteiger partial charge in [0.25, 0.3) is 0 Å². The smallest absolute Gasteiger partial charge is 0.239 e. The summed E-state index contributed by atoms with van der Waals surface area (Å²) >= 11 is 1.54. The van der Waals surface area contributed by atoms with E-state index in [1.807, 2.05) is 30.3 Å². The number of sulfone groups is 1. The highest BCUT2D eigenvalue weighted by Gasteiger charge is 2.21. The zero-order chi connectivity index (χ0) is 24.3. The standard InChI is InChI=1S/C25H22N2O5S2/c1-16(28)17-10-11-22(32-2)19(12-17)14-34(30,31)15-24(29)26-20-7-5-6-18(13-20)25-27-21-8-3-4-9-23(21)33-25/h3-13H,14-15H2,1-2H3,(H,26,29). The first-order chi connectivity index (χ1) is 16.2. The van der Waals surface area contributed by atoms with Crippen LogP contribution in [0, 0.1) is 0 Å². The first-order valence-corrected chi connectivity index (χ1v) is 13.0. The first kappa shape index (κ1) is 23.6. The maximum Gasteiger partial charge on any atom is 0.239 e. The number of nitrogens with zero attached hydrogens (tertiary/aromatic N) is 1. The Morgan fingerprint density at radius 2 is 1.82 bits per heavy atom. The van der Waals surface area contributed by atoms with Gasteiger partial charge in [0, 0.05) is 22.4 Å². The lowest BCUT2D eigenvalue weighted by atomic mass is 10.1. The average Bonchev–Trinajstić information content (AvgIpc) is 3.23. The topological polar surface area (TPSA) is 102 Å². The predicted octanol–water partition coefficient (Wildman–Crippen LogP) is 4.73. The highest BCUT2D eigenvalue weighted by Crippen LogP contribution is 2.31. The van der Waals surface area contributed by atoms with E-state index in [9.17, 15) is 18.0 Å². The summed E-state index contributed by atoms with van der Waals surface area (Å²) in [6.07, 6.45) is 0. The van der Waals surface area contributed by atoms with Crippen LogP contribution in [0.15, 0.2) is 66.7 Å². The summed E-state index contributed by atoms with van der Waals surface area (Å²) in [5.41, 5.74) is 2.91. The van der Waals surface area contributed by atoms with Crippen LogP contribution in [0.5, 0.6) is 5.75 Å². The maximum atomic E-state index is 12.7. The molecule has 0 saturated heterocycles. The summed E-state index contributed by atoms with van der Waals surface area (Å²) in [6, 6.07) is 19.5. The van der Waals surface area contributed by atoms with Crippen LogP contribution in [-0.2, 0) is 20.4 Å². The van der Waals surface area contributed by atoms with Crippen LogP contribution in [-0.4, -0.2) is 38.0 Å². The van der Waals surface area contributed by atoms with Crippen LogP contribution >= 0.6 is 11.3 Å². The number of fused-ring (bicyclic) bond motifs is 1. The van der Waals surface area contributed by atoms with Gasteiger partial charge in [0.1, 0.15) is 16.5 Å². The summed E-state index contributed by atoms with van der Waals surface area (Å²) in [6.45, 7) is 1.40. The number of hydrogen-bond donors (Lipinski definition) is 1. The molecule has 7 nitrogen and oxygen atoms in total. The Kier molecular flexibility index (Phi) is 6.76. The summed E-state index contributed by atoms with van der Waals surface area (Å²) in [4.78, 5) is 28.8. The van der Waals surface area contributed by atoms with Crippen LogP contribution in [0.4, 0.5) is 5.69 Å². The van der Waals surface area contributed by atoms with E-state index in [0.29, 0.717) is 22.6 Å². The molecule has 9 heteroatoms. The molecule has 0 bridgehead atoms. The first-order valence-electron chi connectivity index (χ1n) is 10.4. The Balaban J connectivity index is 1.48. The van der Waals surface area contributed by atoms with E-state index in [4.69, 9.17) is 4.74 Å². The second-order valence-corrected chi connectivity index (χ2v) is 10.8. The highest BCUT2D eigenvalue weighted by molar-refractivity contribution is 7.91. The van der Waals surface area contributed by atoms with E-state index in [1.165, 1.54) is 20.1 Å². The van der Waals surface area contributed by atoms with Gasteiger partial charge in [0.2, 0.25) is 5.91 Å². The summed E-state index contributed by atoms with van der Waals surface area (Å²) in [5.74, 6) is -1.62. The molecule has 34 heavy (non-hydrogen) atoms. The van der Waals surface area contributed by atoms with Crippen LogP contribution in [0.3, 0.4) is 0 Å². The van der Waals surface area contributed by atoms with Crippen molar-refractivity contribution >= 4 is 48.8 Å². The SMILES string of the molecule is COc1ccc(C(C)=O)cc1CS(=O)(=O)CC(=O)Nc1cccc(-c2nc3ccccc3s2)c1. The number of thiazole rings is 1. The number of hydrogen-bond acceptors (Lipinski definition) is 7. The lowest BCUT2D eigenvalue weighted by molar-refractivity contribution is -0.113. The number of ketones is 1. The second-order valence-electron chi connectivity index (χ2n) is 7.73. The number of carbonyl (C=O) groups is 2. The molecule has 174 valence electrons. The van der Waals surface area contributed by atoms with Gasteiger partial charge in [-0.3, -0.25) is 9.59 Å². The van der Waals surface area contributed by atoms with Gasteiger partial charge >= 0.3 is 0 Å². The summed E-state index contributed by atoms with van der Waals surface area (Å²) in [5, 5.41) is 3.47. The van der Waals surface area contributed by atoms with Gasteiger partial charge in [-0.05, 0) is 49.4 Å². The molecule has 4 aromatic rings. The Labute approximate surface area is 201 Å². The molecule has 0 aliphatic heterocycles. The lowest BCUT2D eigenvalue weighted by Gasteiger charge is -2.11. The molecule has 1 aromatic heterocycles. The van der Waals surface area contributed by atoms with Crippen molar-refractivity contribution in [3.05, 3.63) is 77.9 Å². The number of Topliss-reactive ketones (excluding diaryl/α,β-unsaturated/α-hetero) is 1. The zero-order valence-electron chi connectivity index (χ0n) is 18.6. The molecule has 1 N–H and O–H groups in total. The van der Waals surface area contributed by atoms with Crippen LogP contribution in [0.1, 0.15) is 22.8 Å². The highest BCUT2D eigenvalue weighted by atomic mass is 32.2. The van der Waals surface area contributed by atoms with Gasteiger partial charge in [0.15, 0.2) is 15.6 Å². The molecule has 4 rings (SSSR count). The minimum absolute atomic E-state index is 0.188. The average molecular weight is 495 g/mol. The number of ether oxygens (including phenoxy) is 1. The number of carbonyl (C=O) groups excluding carboxylic acids is 2. The molecule has 3 aromatic carbocycles. The van der Waals surface area contributed by atoms with Gasteiger partial charge in [-0.1, -0.05) is 24.3 Å². The monoisotopic (exact) mass is 494 g/mol. The fraction of sp³-hybridized carbons (Fsp3) is 0.160. The van der Waals surface area contributed by atoms with Crippen molar-refractivity contribution in [3.63, 3.8) is 0 Å². The van der Waals surface area contributed by atoms with Crippen molar-refractivity contribution in [2.45, 2.75) is 12.7 Å². The fourth-order valence-corrected chi connectivity index (χ4v) is 5.76. The minimum atomic E-state index is -3.82. The summed E-state index contributed by atoms with van der Waals surface area (Å²) in [7, 11) is -2.40. The van der Waals surface area contributed by atoms with E-state index in [-0.39, 0.29) is 5.78 Å². The molecule has 0 unspecified atom stereocenters. The zero-order valence-corrected chi connectivity index (χ0v) is 20.2. The molecule has 0 spiro atoms. The third-order valence-corrected chi connectivity index (χ3v) is 7.64. The normalized spacial score (nSPS) is 11.4. The third kappa shape index (κ3) is 5.49. The molecule has 0 aliphatic rings. The van der Waals surface area contributed by atoms with Gasteiger partial charge in [-0.2, -0.15) is 0 Å². The molecule has 0 fully saturated rings. The van der Waals surface area contributed by atoms with Crippen molar-refractivity contribution in [1.29, 1.82) is 0 Å². The number of rotatable bonds is 8. The van der Waals surface area contributed by atoms with Gasteiger partial charge < -0.3 is 10.1 Å². The van der Waals surface area contributed by atoms with E-state index in [2.05, 4.69) is 10.3 Å². The molecular formula is C25H22N2O5S2. The molecule has 1 amide bonds. The largest absolute Gasteiger partial charge is 0.496 e. The molecule has 0 aliphatic carbocycles. The lowest BCUT2D eigenvalue weighted by Crippen LogP contribution is -2.24. The number of para-hydroxylation sites is 1. The van der Waals surface area contributed by atoms with Crippen molar-refractivity contribution in [2.24, 2.45) is 0 Å². The molecule has 0 atom stereocenters. The second kappa shape index (κ2) is 9.74. The maximum absolute atomic E-state index is 12.7. The van der Waals surface area contributed by atoms with Crippen molar-refractivity contribution < 1.29 is 22.7 Å². The number of benzene rings is 3. The van der Waals surface area contributed by atoms with Gasteiger partial charge in [0.05, 0.1) is 23.1 Å². The quantitative estimate of drug-likeness (QED) is 0.355. The predicted molar refractivity (Wildman–Crippen MR) is 134 cm³/mol. The van der Waals surface area contributed by atoms with Crippen LogP contribution in [0.25, 0.3) is 20.8 Å². The van der Waals surface area contributed by atoms with Gasteiger partial charge in [-0.25, -0.2) is 13.4 Å². The molecule has 1 heterocycles. The van der Waals surface area contributed by atoms with Crippen LogP contribution in [0.2, 0.25) is 0 Å². The Hall–Kier alpha value is -3.56. The number of methoxy groups -OCH3 is 1. The van der Waals surface area contributed by atoms with E-state index in [1.54, 1.807) is 41.7 Å². The number of aromatic nitrogens is 1. The van der Waals surface area contributed by atoms with Crippen molar-refractivity contribution in [3.8, 4) is 16.3 Å². The molecular weight excluding hydrogens is 472 g/mol. The van der Waals surface area contributed by atoms with Crippen molar-refractivity contribution in [1.82, 2.24) is 4.98 Å². The van der Waals surface area contributed by atoms with Crippen LogP contribution < -0.4 is 10.1 Å².